The van der Waals surface area contributed by atoms with Gasteiger partial charge in [-0.3, -0.25) is 10.1 Å². The molecule has 1 aromatic rings. The van der Waals surface area contributed by atoms with E-state index in [4.69, 9.17) is 11.6 Å². The van der Waals surface area contributed by atoms with Gasteiger partial charge in [-0.25, -0.2) is 4.39 Å². The number of anilines is 1. The fourth-order valence-electron chi connectivity index (χ4n) is 1.30. The molecule has 0 aliphatic rings. The third kappa shape index (κ3) is 3.05. The van der Waals surface area contributed by atoms with Crippen molar-refractivity contribution in [3.63, 3.8) is 0 Å². The lowest BCUT2D eigenvalue weighted by atomic mass is 10.1. The first-order valence-electron chi connectivity index (χ1n) is 4.99. The van der Waals surface area contributed by atoms with Gasteiger partial charge in [-0.05, 0) is 6.92 Å². The minimum Gasteiger partial charge on any atom is -0.390 e. The lowest BCUT2D eigenvalue weighted by Gasteiger charge is -2.12. The highest BCUT2D eigenvalue weighted by molar-refractivity contribution is 6.18. The van der Waals surface area contributed by atoms with E-state index in [2.05, 4.69) is 5.32 Å². The monoisotopic (exact) mass is 280 g/mol. The SMILES string of the molecule is Cc1c(F)c(NCC(O)CCl)cc([N+](=O)[O-])c1F. The van der Waals surface area contributed by atoms with E-state index >= 15 is 0 Å². The van der Waals surface area contributed by atoms with E-state index < -0.39 is 33.9 Å². The second-order valence-corrected chi connectivity index (χ2v) is 3.95. The van der Waals surface area contributed by atoms with Crippen LogP contribution in [0.3, 0.4) is 0 Å². The smallest absolute Gasteiger partial charge is 0.307 e. The van der Waals surface area contributed by atoms with Gasteiger partial charge < -0.3 is 10.4 Å². The number of aliphatic hydroxyl groups excluding tert-OH is 1. The molecule has 0 aromatic heterocycles. The Morgan fingerprint density at radius 3 is 2.67 bits per heavy atom. The zero-order valence-electron chi connectivity index (χ0n) is 9.41. The molecule has 5 nitrogen and oxygen atoms in total. The fourth-order valence-corrected chi connectivity index (χ4v) is 1.41. The number of nitro groups is 1. The van der Waals surface area contributed by atoms with Crippen molar-refractivity contribution in [1.29, 1.82) is 0 Å². The van der Waals surface area contributed by atoms with Crippen LogP contribution in [0.1, 0.15) is 5.56 Å². The number of benzene rings is 1. The van der Waals surface area contributed by atoms with E-state index in [0.717, 1.165) is 13.0 Å². The third-order valence-corrected chi connectivity index (χ3v) is 2.66. The summed E-state index contributed by atoms with van der Waals surface area (Å²) in [7, 11) is 0. The molecule has 0 heterocycles. The van der Waals surface area contributed by atoms with Crippen molar-refractivity contribution >= 4 is 23.0 Å². The number of nitro benzene ring substituents is 1. The van der Waals surface area contributed by atoms with Crippen molar-refractivity contribution < 1.29 is 18.8 Å². The van der Waals surface area contributed by atoms with E-state index in [1.807, 2.05) is 0 Å². The topological polar surface area (TPSA) is 75.4 Å². The summed E-state index contributed by atoms with van der Waals surface area (Å²) < 4.78 is 27.0. The highest BCUT2D eigenvalue weighted by atomic mass is 35.5. The van der Waals surface area contributed by atoms with Gasteiger partial charge in [0.15, 0.2) is 5.82 Å². The maximum Gasteiger partial charge on any atom is 0.307 e. The first-order chi connectivity index (χ1) is 8.38. The molecule has 0 spiro atoms. The lowest BCUT2D eigenvalue weighted by molar-refractivity contribution is -0.387. The Kier molecular flexibility index (Phi) is 4.80. The molecule has 0 aliphatic heterocycles. The van der Waals surface area contributed by atoms with Crippen LogP contribution in [0, 0.1) is 28.7 Å². The normalized spacial score (nSPS) is 12.3. The summed E-state index contributed by atoms with van der Waals surface area (Å²) in [5.74, 6) is -2.21. The van der Waals surface area contributed by atoms with Gasteiger partial charge in [-0.2, -0.15) is 4.39 Å². The predicted molar refractivity (Wildman–Crippen MR) is 63.0 cm³/mol. The number of hydrogen-bond donors (Lipinski definition) is 2. The molecule has 1 rings (SSSR count). The number of rotatable bonds is 5. The molecule has 1 atom stereocenters. The first kappa shape index (κ1) is 14.6. The second kappa shape index (κ2) is 5.92. The van der Waals surface area contributed by atoms with Crippen molar-refractivity contribution in [2.75, 3.05) is 17.7 Å². The van der Waals surface area contributed by atoms with Crippen molar-refractivity contribution in [2.24, 2.45) is 0 Å². The molecule has 1 unspecified atom stereocenters. The molecular weight excluding hydrogens is 270 g/mol. The van der Waals surface area contributed by atoms with Gasteiger partial charge >= 0.3 is 5.69 Å². The van der Waals surface area contributed by atoms with Gasteiger partial charge in [0, 0.05) is 18.2 Å². The fraction of sp³-hybridized carbons (Fsp3) is 0.400. The standard InChI is InChI=1S/C10H11ClF2N2O3/c1-5-9(12)7(14-4-6(16)3-11)2-8(10(5)13)15(17)18/h2,6,14,16H,3-4H2,1H3. The quantitative estimate of drug-likeness (QED) is 0.492. The van der Waals surface area contributed by atoms with Gasteiger partial charge in [-0.15, -0.1) is 11.6 Å². The summed E-state index contributed by atoms with van der Waals surface area (Å²) in [4.78, 5) is 9.64. The van der Waals surface area contributed by atoms with E-state index in [1.54, 1.807) is 0 Å². The Bertz CT molecular complexity index is 471. The van der Waals surface area contributed by atoms with Crippen LogP contribution in [0.2, 0.25) is 0 Å². The minimum absolute atomic E-state index is 0.0725. The van der Waals surface area contributed by atoms with Gasteiger partial charge in [0.2, 0.25) is 5.82 Å². The molecule has 2 N–H and O–H groups in total. The molecule has 0 amide bonds. The van der Waals surface area contributed by atoms with Crippen molar-refractivity contribution in [2.45, 2.75) is 13.0 Å². The summed E-state index contributed by atoms with van der Waals surface area (Å²) in [6.07, 6.45) is -0.935. The first-order valence-corrected chi connectivity index (χ1v) is 5.52. The molecule has 8 heteroatoms. The third-order valence-electron chi connectivity index (χ3n) is 2.30. The van der Waals surface area contributed by atoms with E-state index in [0.29, 0.717) is 0 Å². The largest absolute Gasteiger partial charge is 0.390 e. The summed E-state index contributed by atoms with van der Waals surface area (Å²) in [6.45, 7) is 1.00. The van der Waals surface area contributed by atoms with Crippen molar-refractivity contribution in [3.8, 4) is 0 Å². The Labute approximate surface area is 107 Å². The number of nitrogens with one attached hydrogen (secondary N) is 1. The van der Waals surface area contributed by atoms with Crippen LogP contribution in [0.25, 0.3) is 0 Å². The minimum atomic E-state index is -1.21. The van der Waals surface area contributed by atoms with Crippen LogP contribution in [0.4, 0.5) is 20.2 Å². The molecular formula is C10H11ClF2N2O3. The van der Waals surface area contributed by atoms with Gasteiger partial charge in [0.05, 0.1) is 22.6 Å². The van der Waals surface area contributed by atoms with E-state index in [1.165, 1.54) is 0 Å². The zero-order chi connectivity index (χ0) is 13.9. The van der Waals surface area contributed by atoms with Gasteiger partial charge in [0.1, 0.15) is 0 Å². The van der Waals surface area contributed by atoms with Crippen LogP contribution in [-0.2, 0) is 0 Å². The Morgan fingerprint density at radius 1 is 1.56 bits per heavy atom. The summed E-state index contributed by atoms with van der Waals surface area (Å²) in [5.41, 5.74) is -1.52. The maximum atomic E-state index is 13.6. The molecule has 100 valence electrons. The number of alkyl halides is 1. The summed E-state index contributed by atoms with van der Waals surface area (Å²) >= 11 is 5.34. The Balaban J connectivity index is 3.08. The number of halogens is 3. The van der Waals surface area contributed by atoms with Crippen molar-refractivity contribution in [1.82, 2.24) is 0 Å². The van der Waals surface area contributed by atoms with Crippen LogP contribution in [-0.4, -0.2) is 28.6 Å². The average molecular weight is 281 g/mol. The molecule has 1 aromatic carbocycles. The van der Waals surface area contributed by atoms with Crippen molar-refractivity contribution in [3.05, 3.63) is 33.4 Å². The molecule has 0 aliphatic carbocycles. The molecule has 0 bridgehead atoms. The highest BCUT2D eigenvalue weighted by Gasteiger charge is 2.22. The molecule has 0 fully saturated rings. The average Bonchev–Trinajstić information content (AvgIpc) is 2.34. The van der Waals surface area contributed by atoms with Crippen LogP contribution >= 0.6 is 11.6 Å². The number of aliphatic hydroxyl groups is 1. The summed E-state index contributed by atoms with van der Waals surface area (Å²) in [5, 5.41) is 22.2. The number of hydrogen-bond acceptors (Lipinski definition) is 4. The molecule has 0 saturated heterocycles. The molecule has 18 heavy (non-hydrogen) atoms. The van der Waals surface area contributed by atoms with Crippen LogP contribution in [0.15, 0.2) is 6.07 Å². The number of nitrogens with zero attached hydrogens (tertiary/aromatic N) is 1. The van der Waals surface area contributed by atoms with E-state index in [-0.39, 0.29) is 18.1 Å². The maximum absolute atomic E-state index is 13.6. The highest BCUT2D eigenvalue weighted by Crippen LogP contribution is 2.29. The van der Waals surface area contributed by atoms with Gasteiger partial charge in [0.25, 0.3) is 0 Å². The summed E-state index contributed by atoms with van der Waals surface area (Å²) in [6, 6.07) is 0.749. The molecule has 0 saturated carbocycles. The van der Waals surface area contributed by atoms with Gasteiger partial charge in [-0.1, -0.05) is 0 Å². The Hall–Kier alpha value is -1.47. The lowest BCUT2D eigenvalue weighted by Crippen LogP contribution is -2.21. The second-order valence-electron chi connectivity index (χ2n) is 3.64. The van der Waals surface area contributed by atoms with Crippen LogP contribution < -0.4 is 5.32 Å². The Morgan fingerprint density at radius 2 is 2.17 bits per heavy atom. The van der Waals surface area contributed by atoms with Crippen LogP contribution in [0.5, 0.6) is 0 Å². The molecule has 0 radical (unpaired) electrons. The zero-order valence-corrected chi connectivity index (χ0v) is 10.2. The van der Waals surface area contributed by atoms with E-state index in [9.17, 15) is 24.0 Å². The predicted octanol–water partition coefficient (Wildman–Crippen LogP) is 2.19.